The number of hydrogen-bond acceptors (Lipinski definition) is 3. The summed E-state index contributed by atoms with van der Waals surface area (Å²) >= 11 is 0. The largest absolute Gasteiger partial charge is 0.339 e. The van der Waals surface area contributed by atoms with Crippen molar-refractivity contribution in [2.24, 2.45) is 11.1 Å². The van der Waals surface area contributed by atoms with E-state index in [9.17, 15) is 4.79 Å². The summed E-state index contributed by atoms with van der Waals surface area (Å²) in [5.74, 6) is 0.280. The molecule has 2 aliphatic rings. The lowest BCUT2D eigenvalue weighted by Crippen LogP contribution is -2.57. The van der Waals surface area contributed by atoms with Crippen molar-refractivity contribution in [1.82, 2.24) is 9.80 Å². The minimum Gasteiger partial charge on any atom is -0.339 e. The highest BCUT2D eigenvalue weighted by molar-refractivity contribution is 5.83. The molecule has 17 heavy (non-hydrogen) atoms. The van der Waals surface area contributed by atoms with Crippen LogP contribution >= 0.6 is 0 Å². The molecule has 2 fully saturated rings. The molecule has 0 radical (unpaired) electrons. The van der Waals surface area contributed by atoms with E-state index in [-0.39, 0.29) is 17.4 Å². The second-order valence-corrected chi connectivity index (χ2v) is 6.00. The van der Waals surface area contributed by atoms with Crippen molar-refractivity contribution in [3.63, 3.8) is 0 Å². The molecule has 2 N–H and O–H groups in total. The van der Waals surface area contributed by atoms with E-state index in [0.29, 0.717) is 6.04 Å². The predicted molar refractivity (Wildman–Crippen MR) is 68.6 cm³/mol. The minimum atomic E-state index is -0.310. The number of likely N-dealkylation sites (N-methyl/N-ethyl adjacent to an activating group) is 1. The highest BCUT2D eigenvalue weighted by Crippen LogP contribution is 2.38. The molecule has 1 heterocycles. The van der Waals surface area contributed by atoms with Crippen LogP contribution in [0.15, 0.2) is 0 Å². The normalized spacial score (nSPS) is 39.6. The van der Waals surface area contributed by atoms with Crippen molar-refractivity contribution >= 4 is 5.91 Å². The van der Waals surface area contributed by atoms with Crippen LogP contribution < -0.4 is 5.73 Å². The van der Waals surface area contributed by atoms with Gasteiger partial charge in [0.1, 0.15) is 0 Å². The number of hydrogen-bond donors (Lipinski definition) is 1. The molecular weight excluding hydrogens is 214 g/mol. The average Bonchev–Trinajstić information content (AvgIpc) is 2.63. The average molecular weight is 239 g/mol. The molecule has 4 heteroatoms. The minimum absolute atomic E-state index is 0.0463. The van der Waals surface area contributed by atoms with Crippen LogP contribution in [-0.4, -0.2) is 54.5 Å². The summed E-state index contributed by atoms with van der Waals surface area (Å²) in [6.07, 6.45) is 3.03. The van der Waals surface area contributed by atoms with Gasteiger partial charge in [-0.25, -0.2) is 0 Å². The zero-order valence-electron chi connectivity index (χ0n) is 11.3. The quantitative estimate of drug-likeness (QED) is 0.731. The van der Waals surface area contributed by atoms with Crippen molar-refractivity contribution in [2.45, 2.75) is 45.2 Å². The highest BCUT2D eigenvalue weighted by Gasteiger charge is 2.45. The fraction of sp³-hybridized carbons (Fsp3) is 0.923. The Kier molecular flexibility index (Phi) is 3.46. The molecule has 3 atom stereocenters. The number of nitrogens with two attached hydrogens (primary N) is 1. The van der Waals surface area contributed by atoms with Gasteiger partial charge in [0.25, 0.3) is 0 Å². The number of nitrogens with zero attached hydrogens (tertiary/aromatic N) is 2. The molecule has 4 nitrogen and oxygen atoms in total. The lowest BCUT2D eigenvalue weighted by atomic mass is 9.83. The summed E-state index contributed by atoms with van der Waals surface area (Å²) in [6, 6.07) is 0.499. The Labute approximate surface area is 104 Å². The maximum atomic E-state index is 12.6. The van der Waals surface area contributed by atoms with Gasteiger partial charge in [0.05, 0.1) is 5.41 Å². The van der Waals surface area contributed by atoms with Gasteiger partial charge in [-0.2, -0.15) is 0 Å². The topological polar surface area (TPSA) is 49.6 Å². The van der Waals surface area contributed by atoms with Gasteiger partial charge >= 0.3 is 0 Å². The maximum Gasteiger partial charge on any atom is 0.230 e. The van der Waals surface area contributed by atoms with Gasteiger partial charge in [-0.1, -0.05) is 6.42 Å². The van der Waals surface area contributed by atoms with Crippen molar-refractivity contribution in [1.29, 1.82) is 0 Å². The molecule has 2 rings (SSSR count). The van der Waals surface area contributed by atoms with E-state index in [2.05, 4.69) is 25.8 Å². The second kappa shape index (κ2) is 4.58. The summed E-state index contributed by atoms with van der Waals surface area (Å²) in [5, 5.41) is 0. The van der Waals surface area contributed by atoms with Crippen LogP contribution in [0.5, 0.6) is 0 Å². The van der Waals surface area contributed by atoms with Gasteiger partial charge in [0, 0.05) is 31.7 Å². The van der Waals surface area contributed by atoms with Gasteiger partial charge in [-0.15, -0.1) is 0 Å². The van der Waals surface area contributed by atoms with Crippen LogP contribution in [-0.2, 0) is 4.79 Å². The highest BCUT2D eigenvalue weighted by atomic mass is 16.2. The predicted octanol–water partition coefficient (Wildman–Crippen LogP) is 0.666. The Morgan fingerprint density at radius 1 is 1.41 bits per heavy atom. The van der Waals surface area contributed by atoms with Gasteiger partial charge in [0.2, 0.25) is 5.91 Å². The van der Waals surface area contributed by atoms with E-state index < -0.39 is 0 Å². The van der Waals surface area contributed by atoms with Crippen LogP contribution in [0.2, 0.25) is 0 Å². The maximum absolute atomic E-state index is 12.6. The van der Waals surface area contributed by atoms with E-state index in [1.807, 2.05) is 4.90 Å². The third kappa shape index (κ3) is 2.20. The Hall–Kier alpha value is -0.610. The van der Waals surface area contributed by atoms with Gasteiger partial charge in [-0.3, -0.25) is 4.79 Å². The van der Waals surface area contributed by atoms with Crippen LogP contribution in [0, 0.1) is 5.41 Å². The van der Waals surface area contributed by atoms with E-state index in [1.54, 1.807) is 0 Å². The third-order valence-corrected chi connectivity index (χ3v) is 4.77. The molecule has 1 saturated carbocycles. The first-order chi connectivity index (χ1) is 7.95. The number of amides is 1. The molecule has 3 unspecified atom stereocenters. The Morgan fingerprint density at radius 3 is 2.65 bits per heavy atom. The van der Waals surface area contributed by atoms with Crippen molar-refractivity contribution in [2.75, 3.05) is 26.7 Å². The molecule has 1 aliphatic carbocycles. The summed E-state index contributed by atoms with van der Waals surface area (Å²) < 4.78 is 0. The number of rotatable bonds is 1. The molecular formula is C13H25N3O. The Bertz CT molecular complexity index is 307. The summed E-state index contributed by atoms with van der Waals surface area (Å²) in [7, 11) is 2.12. The van der Waals surface area contributed by atoms with Crippen LogP contribution in [0.25, 0.3) is 0 Å². The molecule has 0 spiro atoms. The first kappa shape index (κ1) is 12.8. The molecule has 0 aromatic carbocycles. The zero-order chi connectivity index (χ0) is 12.6. The first-order valence-electron chi connectivity index (χ1n) is 6.70. The number of piperazine rings is 1. The lowest BCUT2D eigenvalue weighted by molar-refractivity contribution is -0.144. The number of carbonyl (C=O) groups excluding carboxylic acids is 1. The number of carbonyl (C=O) groups is 1. The monoisotopic (exact) mass is 239 g/mol. The summed E-state index contributed by atoms with van der Waals surface area (Å²) in [6.45, 7) is 6.89. The van der Waals surface area contributed by atoms with Crippen LogP contribution in [0.1, 0.15) is 33.1 Å². The second-order valence-electron chi connectivity index (χ2n) is 6.00. The molecule has 1 saturated heterocycles. The van der Waals surface area contributed by atoms with E-state index in [1.165, 1.54) is 0 Å². The van der Waals surface area contributed by atoms with Crippen molar-refractivity contribution in [3.05, 3.63) is 0 Å². The fourth-order valence-electron chi connectivity index (χ4n) is 3.05. The Balaban J connectivity index is 2.05. The first-order valence-corrected chi connectivity index (χ1v) is 6.70. The van der Waals surface area contributed by atoms with Crippen molar-refractivity contribution < 1.29 is 4.79 Å². The smallest absolute Gasteiger partial charge is 0.230 e. The fourth-order valence-corrected chi connectivity index (χ4v) is 3.05. The van der Waals surface area contributed by atoms with Gasteiger partial charge < -0.3 is 15.5 Å². The third-order valence-electron chi connectivity index (χ3n) is 4.77. The van der Waals surface area contributed by atoms with E-state index >= 15 is 0 Å². The van der Waals surface area contributed by atoms with Crippen molar-refractivity contribution in [3.8, 4) is 0 Å². The Morgan fingerprint density at radius 2 is 2.12 bits per heavy atom. The van der Waals surface area contributed by atoms with E-state index in [0.717, 1.165) is 38.9 Å². The lowest BCUT2D eigenvalue weighted by Gasteiger charge is -2.42. The molecule has 98 valence electrons. The molecule has 1 amide bonds. The summed E-state index contributed by atoms with van der Waals surface area (Å²) in [4.78, 5) is 16.9. The van der Waals surface area contributed by atoms with Gasteiger partial charge in [-0.05, 0) is 33.7 Å². The van der Waals surface area contributed by atoms with Crippen LogP contribution in [0.3, 0.4) is 0 Å². The van der Waals surface area contributed by atoms with E-state index in [4.69, 9.17) is 5.73 Å². The molecule has 0 aromatic heterocycles. The zero-order valence-corrected chi connectivity index (χ0v) is 11.3. The standard InChI is InChI=1S/C13H25N3O/c1-10-9-16(8-7-15(10)3)12(17)13(2)6-4-5-11(13)14/h10-11H,4-9,14H2,1-3H3. The van der Waals surface area contributed by atoms with Gasteiger partial charge in [0.15, 0.2) is 0 Å². The van der Waals surface area contributed by atoms with Crippen LogP contribution in [0.4, 0.5) is 0 Å². The molecule has 1 aliphatic heterocycles. The molecule has 0 aromatic rings. The SMILES string of the molecule is CC1CN(C(=O)C2(C)CCCC2N)CCN1C. The molecule has 0 bridgehead atoms. The summed E-state index contributed by atoms with van der Waals surface area (Å²) in [5.41, 5.74) is 5.81.